The predicted molar refractivity (Wildman–Crippen MR) is 96.1 cm³/mol. The highest BCUT2D eigenvalue weighted by Crippen LogP contribution is 2.53. The van der Waals surface area contributed by atoms with Gasteiger partial charge in [0.1, 0.15) is 17.6 Å². The molecule has 0 amide bonds. The monoisotopic (exact) mass is 433 g/mol. The van der Waals surface area contributed by atoms with Crippen LogP contribution in [0, 0.1) is 18.3 Å². The third kappa shape index (κ3) is 2.82. The Bertz CT molecular complexity index is 1090. The summed E-state index contributed by atoms with van der Waals surface area (Å²) < 4.78 is 28.9. The van der Waals surface area contributed by atoms with Crippen LogP contribution in [0.5, 0.6) is 0 Å². The minimum Gasteiger partial charge on any atom is -0.383 e. The number of hydrogen-bond donors (Lipinski definition) is 1. The van der Waals surface area contributed by atoms with Gasteiger partial charge in [0, 0.05) is 40.7 Å². The van der Waals surface area contributed by atoms with Gasteiger partial charge in [-0.05, 0) is 35.0 Å². The van der Waals surface area contributed by atoms with E-state index in [9.17, 15) is 14.0 Å². The molecule has 138 valence electrons. The molecule has 0 saturated heterocycles. The zero-order valence-electron chi connectivity index (χ0n) is 14.2. The maximum absolute atomic E-state index is 13.5. The Morgan fingerprint density at radius 3 is 2.74 bits per heavy atom. The van der Waals surface area contributed by atoms with Crippen molar-refractivity contribution in [1.29, 1.82) is 5.26 Å². The number of nitrogens with zero attached hydrogens (tertiary/aromatic N) is 6. The fraction of sp³-hybridized carbons (Fsp3) is 0.353. The van der Waals surface area contributed by atoms with E-state index in [1.807, 2.05) is 13.0 Å². The first kappa shape index (κ1) is 17.7. The molecule has 7 nitrogen and oxygen atoms in total. The van der Waals surface area contributed by atoms with Gasteiger partial charge in [0.15, 0.2) is 0 Å². The highest BCUT2D eigenvalue weighted by molar-refractivity contribution is 9.10. The molecule has 3 aromatic heterocycles. The molecule has 3 heterocycles. The number of aromatic nitrogens is 5. The van der Waals surface area contributed by atoms with E-state index in [4.69, 9.17) is 5.73 Å². The number of halogens is 3. The lowest BCUT2D eigenvalue weighted by Gasteiger charge is -2.42. The normalized spacial score (nSPS) is 17.4. The number of anilines is 1. The molecule has 4 rings (SSSR count). The maximum Gasteiger partial charge on any atom is 0.254 e. The van der Waals surface area contributed by atoms with Crippen LogP contribution in [0.2, 0.25) is 0 Å². The number of fused-ring (bicyclic) bond motifs is 1. The van der Waals surface area contributed by atoms with Crippen molar-refractivity contribution in [3.05, 3.63) is 45.6 Å². The summed E-state index contributed by atoms with van der Waals surface area (Å²) in [5, 5.41) is 13.6. The second kappa shape index (κ2) is 5.92. The van der Waals surface area contributed by atoms with Crippen LogP contribution in [0.25, 0.3) is 5.78 Å². The minimum absolute atomic E-state index is 0.332. The zero-order valence-corrected chi connectivity index (χ0v) is 15.8. The molecule has 1 aliphatic rings. The molecule has 3 aromatic rings. The molecule has 27 heavy (non-hydrogen) atoms. The molecule has 0 aromatic carbocycles. The third-order valence-electron chi connectivity index (χ3n) is 4.82. The molecule has 0 bridgehead atoms. The number of hydrogen-bond acceptors (Lipinski definition) is 6. The minimum atomic E-state index is -2.84. The first-order chi connectivity index (χ1) is 12.7. The van der Waals surface area contributed by atoms with Crippen molar-refractivity contribution in [3.8, 4) is 6.07 Å². The molecule has 0 unspecified atom stereocenters. The van der Waals surface area contributed by atoms with E-state index in [1.165, 1.54) is 10.8 Å². The fourth-order valence-corrected chi connectivity index (χ4v) is 4.06. The van der Waals surface area contributed by atoms with Crippen molar-refractivity contribution in [3.63, 3.8) is 0 Å². The molecule has 1 aliphatic carbocycles. The van der Waals surface area contributed by atoms with Crippen LogP contribution in [0.1, 0.15) is 35.5 Å². The summed E-state index contributed by atoms with van der Waals surface area (Å²) in [6.07, 6.45) is 0.641. The Morgan fingerprint density at radius 2 is 2.07 bits per heavy atom. The van der Waals surface area contributed by atoms with Gasteiger partial charge in [-0.3, -0.25) is 4.98 Å². The summed E-state index contributed by atoms with van der Waals surface area (Å²) in [5.41, 5.74) is 7.26. The molecule has 1 saturated carbocycles. The van der Waals surface area contributed by atoms with Gasteiger partial charge in [0.2, 0.25) is 0 Å². The Morgan fingerprint density at radius 1 is 1.33 bits per heavy atom. The maximum atomic E-state index is 13.5. The first-order valence-corrected chi connectivity index (χ1v) is 8.94. The zero-order chi connectivity index (χ0) is 19.4. The van der Waals surface area contributed by atoms with Crippen molar-refractivity contribution in [2.45, 2.75) is 37.5 Å². The summed E-state index contributed by atoms with van der Waals surface area (Å²) in [6.45, 7) is 1.81. The average Bonchev–Trinajstić information content (AvgIpc) is 3.06. The van der Waals surface area contributed by atoms with Crippen LogP contribution >= 0.6 is 15.9 Å². The summed E-state index contributed by atoms with van der Waals surface area (Å²) >= 11 is 3.34. The molecular formula is C17H14BrF2N7. The van der Waals surface area contributed by atoms with Crippen molar-refractivity contribution < 1.29 is 8.78 Å². The average molecular weight is 434 g/mol. The Balaban J connectivity index is 1.74. The van der Waals surface area contributed by atoms with Gasteiger partial charge in [-0.15, -0.1) is 0 Å². The van der Waals surface area contributed by atoms with E-state index < -0.39 is 24.2 Å². The van der Waals surface area contributed by atoms with E-state index in [0.717, 1.165) is 5.56 Å². The molecule has 0 atom stereocenters. The lowest BCUT2D eigenvalue weighted by molar-refractivity contribution is -0.110. The molecular weight excluding hydrogens is 420 g/mol. The molecule has 10 heteroatoms. The Hall–Kier alpha value is -2.67. The van der Waals surface area contributed by atoms with E-state index in [-0.39, 0.29) is 0 Å². The first-order valence-electron chi connectivity index (χ1n) is 8.14. The lowest BCUT2D eigenvalue weighted by Crippen LogP contribution is -2.49. The molecule has 1 fully saturated rings. The fourth-order valence-electron chi connectivity index (χ4n) is 3.46. The van der Waals surface area contributed by atoms with E-state index in [1.54, 1.807) is 12.1 Å². The SMILES string of the molecule is Cc1nc2ncnn2c(N)c1Cc1ccc(Br)c(C2(C#N)CC(F)(F)C2)n1. The van der Waals surface area contributed by atoms with Gasteiger partial charge in [0.25, 0.3) is 11.7 Å². The van der Waals surface area contributed by atoms with Crippen molar-refractivity contribution in [2.24, 2.45) is 0 Å². The highest BCUT2D eigenvalue weighted by Gasteiger charge is 2.59. The number of rotatable bonds is 3. The number of pyridine rings is 1. The Labute approximate surface area is 161 Å². The molecule has 0 spiro atoms. The highest BCUT2D eigenvalue weighted by atomic mass is 79.9. The summed E-state index contributed by atoms with van der Waals surface area (Å²) in [5.74, 6) is -2.04. The number of nitrogens with two attached hydrogens (primary N) is 1. The van der Waals surface area contributed by atoms with Crippen molar-refractivity contribution >= 4 is 27.5 Å². The number of nitrogen functional groups attached to an aromatic ring is 1. The van der Waals surface area contributed by atoms with Gasteiger partial charge in [0.05, 0.1) is 11.8 Å². The largest absolute Gasteiger partial charge is 0.383 e. The summed E-state index contributed by atoms with van der Waals surface area (Å²) in [6, 6.07) is 5.52. The molecule has 0 aliphatic heterocycles. The van der Waals surface area contributed by atoms with Crippen molar-refractivity contribution in [1.82, 2.24) is 24.6 Å². The topological polar surface area (TPSA) is 106 Å². The van der Waals surface area contributed by atoms with Gasteiger partial charge >= 0.3 is 0 Å². The number of aryl methyl sites for hydroxylation is 1. The Kier molecular flexibility index (Phi) is 3.89. The van der Waals surface area contributed by atoms with Crippen LogP contribution in [0.3, 0.4) is 0 Å². The van der Waals surface area contributed by atoms with Crippen LogP contribution in [-0.4, -0.2) is 30.5 Å². The third-order valence-corrected chi connectivity index (χ3v) is 5.46. The van der Waals surface area contributed by atoms with Crippen molar-refractivity contribution in [2.75, 3.05) is 5.73 Å². The summed E-state index contributed by atoms with van der Waals surface area (Å²) in [7, 11) is 0. The summed E-state index contributed by atoms with van der Waals surface area (Å²) in [4.78, 5) is 12.9. The lowest BCUT2D eigenvalue weighted by atomic mass is 9.65. The van der Waals surface area contributed by atoms with Crippen LogP contribution in [0.15, 0.2) is 22.9 Å². The van der Waals surface area contributed by atoms with Crippen LogP contribution in [-0.2, 0) is 11.8 Å². The molecule has 2 N–H and O–H groups in total. The second-order valence-electron chi connectivity index (χ2n) is 6.75. The number of alkyl halides is 2. The van der Waals surface area contributed by atoms with Crippen LogP contribution < -0.4 is 5.73 Å². The second-order valence-corrected chi connectivity index (χ2v) is 7.60. The van der Waals surface area contributed by atoms with E-state index in [2.05, 4.69) is 36.0 Å². The van der Waals surface area contributed by atoms with Gasteiger partial charge in [-0.2, -0.15) is 19.9 Å². The smallest absolute Gasteiger partial charge is 0.254 e. The van der Waals surface area contributed by atoms with Gasteiger partial charge in [-0.25, -0.2) is 13.8 Å². The van der Waals surface area contributed by atoms with Crippen LogP contribution in [0.4, 0.5) is 14.6 Å². The predicted octanol–water partition coefficient (Wildman–Crippen LogP) is 2.95. The number of nitriles is 1. The quantitative estimate of drug-likeness (QED) is 0.680. The molecule has 0 radical (unpaired) electrons. The standard InChI is InChI=1S/C17H14BrF2N7/c1-9-11(14(22)27-15(25-9)23-8-24-27)4-10-2-3-12(18)13(26-10)16(7-21)5-17(19,20)6-16/h2-3,8H,4-6,22H2,1H3. The van der Waals surface area contributed by atoms with Gasteiger partial charge in [-0.1, -0.05) is 0 Å². The van der Waals surface area contributed by atoms with E-state index in [0.29, 0.717) is 39.6 Å². The van der Waals surface area contributed by atoms with E-state index >= 15 is 0 Å². The van der Waals surface area contributed by atoms with Gasteiger partial charge < -0.3 is 5.73 Å².